The maximum atomic E-state index is 6.10. The number of thiophene rings is 1. The molecule has 0 unspecified atom stereocenters. The zero-order chi connectivity index (χ0) is 11.7. The molecule has 0 N–H and O–H groups in total. The Labute approximate surface area is 107 Å². The van der Waals surface area contributed by atoms with Crippen LogP contribution in [0.25, 0.3) is 10.2 Å². The van der Waals surface area contributed by atoms with Crippen LogP contribution in [0.4, 0.5) is 0 Å². The van der Waals surface area contributed by atoms with E-state index in [0.29, 0.717) is 17.4 Å². The summed E-state index contributed by atoms with van der Waals surface area (Å²) in [6.07, 6.45) is 2.37. The first-order valence-electron chi connectivity index (χ1n) is 5.12. The Balaban J connectivity index is 2.01. The van der Waals surface area contributed by atoms with Crippen LogP contribution in [0.3, 0.4) is 0 Å². The lowest BCUT2D eigenvalue weighted by atomic mass is 10.2. The monoisotopic (exact) mass is 261 g/mol. The fourth-order valence-corrected chi connectivity index (χ4v) is 2.69. The SMILES string of the molecule is Clc1nc(Cc2ccccn2)nc2sccc12. The topological polar surface area (TPSA) is 38.7 Å². The molecule has 0 saturated heterocycles. The number of nitrogens with zero attached hydrogens (tertiary/aromatic N) is 3. The summed E-state index contributed by atoms with van der Waals surface area (Å²) < 4.78 is 0. The van der Waals surface area contributed by atoms with Gasteiger partial charge in [0.1, 0.15) is 15.8 Å². The highest BCUT2D eigenvalue weighted by atomic mass is 35.5. The van der Waals surface area contributed by atoms with Gasteiger partial charge in [0.15, 0.2) is 0 Å². The summed E-state index contributed by atoms with van der Waals surface area (Å²) in [5, 5.41) is 3.40. The van der Waals surface area contributed by atoms with Gasteiger partial charge in [0.05, 0.1) is 6.42 Å². The van der Waals surface area contributed by atoms with E-state index in [1.807, 2.05) is 29.6 Å². The van der Waals surface area contributed by atoms with E-state index in [-0.39, 0.29) is 0 Å². The van der Waals surface area contributed by atoms with Gasteiger partial charge in [0, 0.05) is 17.3 Å². The van der Waals surface area contributed by atoms with E-state index in [4.69, 9.17) is 11.6 Å². The lowest BCUT2D eigenvalue weighted by Crippen LogP contribution is -1.98. The first-order chi connectivity index (χ1) is 8.33. The summed E-state index contributed by atoms with van der Waals surface area (Å²) in [4.78, 5) is 13.9. The maximum Gasteiger partial charge on any atom is 0.141 e. The van der Waals surface area contributed by atoms with Crippen LogP contribution in [0.2, 0.25) is 5.15 Å². The minimum absolute atomic E-state index is 0.516. The lowest BCUT2D eigenvalue weighted by molar-refractivity contribution is 0.957. The summed E-state index contributed by atoms with van der Waals surface area (Å²) in [6.45, 7) is 0. The second kappa shape index (κ2) is 4.39. The summed E-state index contributed by atoms with van der Waals surface area (Å²) in [5.74, 6) is 0.712. The number of halogens is 1. The fourth-order valence-electron chi connectivity index (χ4n) is 1.60. The average Bonchev–Trinajstić information content (AvgIpc) is 2.79. The molecule has 3 aromatic heterocycles. The number of pyridine rings is 1. The van der Waals surface area contributed by atoms with Gasteiger partial charge in [0.2, 0.25) is 0 Å². The van der Waals surface area contributed by atoms with Crippen LogP contribution >= 0.6 is 22.9 Å². The Kier molecular flexibility index (Phi) is 2.74. The van der Waals surface area contributed by atoms with Crippen LogP contribution < -0.4 is 0 Å². The second-order valence-corrected chi connectivity index (χ2v) is 4.82. The van der Waals surface area contributed by atoms with Crippen molar-refractivity contribution in [3.63, 3.8) is 0 Å². The normalized spacial score (nSPS) is 10.9. The van der Waals surface area contributed by atoms with Gasteiger partial charge in [-0.3, -0.25) is 4.98 Å². The van der Waals surface area contributed by atoms with Gasteiger partial charge >= 0.3 is 0 Å². The van der Waals surface area contributed by atoms with Crippen LogP contribution in [-0.4, -0.2) is 15.0 Å². The number of hydrogen-bond donors (Lipinski definition) is 0. The van der Waals surface area contributed by atoms with Crippen molar-refractivity contribution in [3.05, 3.63) is 52.5 Å². The Morgan fingerprint density at radius 1 is 1.18 bits per heavy atom. The average molecular weight is 262 g/mol. The number of rotatable bonds is 2. The molecule has 0 amide bonds. The van der Waals surface area contributed by atoms with Crippen LogP contribution in [0.5, 0.6) is 0 Å². The summed E-state index contributed by atoms with van der Waals surface area (Å²) in [6, 6.07) is 7.73. The van der Waals surface area contributed by atoms with Gasteiger partial charge in [-0.15, -0.1) is 11.3 Å². The minimum Gasteiger partial charge on any atom is -0.261 e. The van der Waals surface area contributed by atoms with E-state index < -0.39 is 0 Å². The smallest absolute Gasteiger partial charge is 0.141 e. The third-order valence-corrected chi connectivity index (χ3v) is 3.48. The van der Waals surface area contributed by atoms with E-state index in [1.165, 1.54) is 0 Å². The molecular weight excluding hydrogens is 254 g/mol. The van der Waals surface area contributed by atoms with E-state index in [2.05, 4.69) is 15.0 Å². The van der Waals surface area contributed by atoms with E-state index >= 15 is 0 Å². The van der Waals surface area contributed by atoms with Crippen molar-refractivity contribution in [2.45, 2.75) is 6.42 Å². The molecular formula is C12H8ClN3S. The molecule has 0 aromatic carbocycles. The molecule has 0 spiro atoms. The van der Waals surface area contributed by atoms with Gasteiger partial charge in [0.25, 0.3) is 0 Å². The minimum atomic E-state index is 0.516. The van der Waals surface area contributed by atoms with E-state index in [0.717, 1.165) is 15.9 Å². The third kappa shape index (κ3) is 2.14. The lowest BCUT2D eigenvalue weighted by Gasteiger charge is -2.01. The zero-order valence-electron chi connectivity index (χ0n) is 8.80. The molecule has 0 fully saturated rings. The Bertz CT molecular complexity index is 651. The van der Waals surface area contributed by atoms with E-state index in [9.17, 15) is 0 Å². The van der Waals surface area contributed by atoms with Crippen LogP contribution in [0.1, 0.15) is 11.5 Å². The second-order valence-electron chi connectivity index (χ2n) is 3.57. The highest BCUT2D eigenvalue weighted by Gasteiger charge is 2.07. The first-order valence-corrected chi connectivity index (χ1v) is 6.38. The molecule has 5 heteroatoms. The van der Waals surface area contributed by atoms with Gasteiger partial charge < -0.3 is 0 Å². The number of fused-ring (bicyclic) bond motifs is 1. The van der Waals surface area contributed by atoms with Crippen molar-refractivity contribution in [1.29, 1.82) is 0 Å². The molecule has 0 bridgehead atoms. The predicted octanol–water partition coefficient (Wildman–Crippen LogP) is 3.33. The molecule has 17 heavy (non-hydrogen) atoms. The van der Waals surface area contributed by atoms with Crippen molar-refractivity contribution in [1.82, 2.24) is 15.0 Å². The third-order valence-electron chi connectivity index (χ3n) is 2.39. The molecule has 0 atom stereocenters. The highest BCUT2D eigenvalue weighted by Crippen LogP contribution is 2.25. The summed E-state index contributed by atoms with van der Waals surface area (Å²) in [5.41, 5.74) is 0.944. The van der Waals surface area contributed by atoms with Gasteiger partial charge in [-0.2, -0.15) is 0 Å². The molecule has 0 aliphatic heterocycles. The zero-order valence-corrected chi connectivity index (χ0v) is 10.4. The van der Waals surface area contributed by atoms with Gasteiger partial charge in [-0.05, 0) is 23.6 Å². The quantitative estimate of drug-likeness (QED) is 0.664. The number of hydrogen-bond acceptors (Lipinski definition) is 4. The first kappa shape index (κ1) is 10.6. The highest BCUT2D eigenvalue weighted by molar-refractivity contribution is 7.16. The molecule has 0 aliphatic carbocycles. The predicted molar refractivity (Wildman–Crippen MR) is 69.5 cm³/mol. The van der Waals surface area contributed by atoms with Gasteiger partial charge in [-0.25, -0.2) is 9.97 Å². The molecule has 3 heterocycles. The Hall–Kier alpha value is -1.52. The molecule has 0 aliphatic rings. The molecule has 3 nitrogen and oxygen atoms in total. The maximum absolute atomic E-state index is 6.10. The Morgan fingerprint density at radius 3 is 2.94 bits per heavy atom. The van der Waals surface area contributed by atoms with Crippen molar-refractivity contribution in [2.24, 2.45) is 0 Å². The molecule has 0 saturated carbocycles. The largest absolute Gasteiger partial charge is 0.261 e. The van der Waals surface area contributed by atoms with Crippen molar-refractivity contribution in [2.75, 3.05) is 0 Å². The van der Waals surface area contributed by atoms with Crippen LogP contribution in [-0.2, 0) is 6.42 Å². The fraction of sp³-hybridized carbons (Fsp3) is 0.0833. The van der Waals surface area contributed by atoms with Crippen LogP contribution in [0, 0.1) is 0 Å². The molecule has 84 valence electrons. The summed E-state index contributed by atoms with van der Waals surface area (Å²) in [7, 11) is 0. The molecule has 3 aromatic rings. The van der Waals surface area contributed by atoms with Crippen molar-refractivity contribution >= 4 is 33.2 Å². The van der Waals surface area contributed by atoms with Crippen molar-refractivity contribution < 1.29 is 0 Å². The summed E-state index contributed by atoms with van der Waals surface area (Å²) >= 11 is 7.68. The van der Waals surface area contributed by atoms with Crippen LogP contribution in [0.15, 0.2) is 35.8 Å². The molecule has 3 rings (SSSR count). The standard InChI is InChI=1S/C12H8ClN3S/c13-11-9-4-6-17-12(9)16-10(15-11)7-8-3-1-2-5-14-8/h1-6H,7H2. The van der Waals surface area contributed by atoms with Gasteiger partial charge in [-0.1, -0.05) is 17.7 Å². The number of aromatic nitrogens is 3. The molecule has 0 radical (unpaired) electrons. The van der Waals surface area contributed by atoms with Crippen molar-refractivity contribution in [3.8, 4) is 0 Å². The Morgan fingerprint density at radius 2 is 2.12 bits per heavy atom. The van der Waals surface area contributed by atoms with E-state index in [1.54, 1.807) is 17.5 Å².